The number of nitrogens with zero attached hydrogens (tertiary/aromatic N) is 4. The Morgan fingerprint density at radius 2 is 2.25 bits per heavy atom. The summed E-state index contributed by atoms with van der Waals surface area (Å²) >= 11 is 1.20. The first kappa shape index (κ1) is 15.1. The number of carboxylic acids is 1. The summed E-state index contributed by atoms with van der Waals surface area (Å²) in [5, 5.41) is 17.7. The van der Waals surface area contributed by atoms with Crippen LogP contribution in [0.4, 0.5) is 5.95 Å². The van der Waals surface area contributed by atoms with Gasteiger partial charge in [-0.1, -0.05) is 11.8 Å². The fraction of sp³-hybridized carbons (Fsp3) is 0.750. The Kier molecular flexibility index (Phi) is 4.54. The highest BCUT2D eigenvalue weighted by Gasteiger charge is 2.30. The topological polar surface area (TPSA) is 80.5 Å². The summed E-state index contributed by atoms with van der Waals surface area (Å²) in [6.45, 7) is 8.98. The van der Waals surface area contributed by atoms with Crippen molar-refractivity contribution in [2.24, 2.45) is 0 Å². The smallest absolute Gasteiger partial charge is 0.313 e. The molecule has 112 valence electrons. The first-order valence-electron chi connectivity index (χ1n) is 6.59. The number of aromatic nitrogens is 3. The number of anilines is 1. The highest BCUT2D eigenvalue weighted by molar-refractivity contribution is 7.99. The number of carbonyl (C=O) groups is 1. The van der Waals surface area contributed by atoms with Crippen LogP contribution in [0.3, 0.4) is 0 Å². The third-order valence-corrected chi connectivity index (χ3v) is 4.00. The second-order valence-electron chi connectivity index (χ2n) is 5.24. The van der Waals surface area contributed by atoms with Crippen molar-refractivity contribution in [3.8, 4) is 0 Å². The molecule has 0 amide bonds. The van der Waals surface area contributed by atoms with E-state index in [1.54, 1.807) is 0 Å². The van der Waals surface area contributed by atoms with Crippen molar-refractivity contribution < 1.29 is 14.6 Å². The Morgan fingerprint density at radius 1 is 1.50 bits per heavy atom. The lowest BCUT2D eigenvalue weighted by molar-refractivity contribution is -0.133. The van der Waals surface area contributed by atoms with Gasteiger partial charge in [-0.05, 0) is 20.8 Å². The lowest BCUT2D eigenvalue weighted by Crippen LogP contribution is -2.49. The van der Waals surface area contributed by atoms with Crippen molar-refractivity contribution in [2.45, 2.75) is 38.1 Å². The Hall–Kier alpha value is -1.28. The molecule has 1 aliphatic heterocycles. The van der Waals surface area contributed by atoms with E-state index in [9.17, 15) is 4.79 Å². The van der Waals surface area contributed by atoms with Crippen LogP contribution in [0.15, 0.2) is 5.16 Å². The summed E-state index contributed by atoms with van der Waals surface area (Å²) in [5.74, 6) is -0.0707. The van der Waals surface area contributed by atoms with Crippen molar-refractivity contribution in [3.05, 3.63) is 0 Å². The maximum absolute atomic E-state index is 10.7. The highest BCUT2D eigenvalue weighted by Crippen LogP contribution is 2.25. The number of aliphatic carboxylic acids is 1. The summed E-state index contributed by atoms with van der Waals surface area (Å²) in [5.41, 5.74) is -0.211. The third-order valence-electron chi connectivity index (χ3n) is 3.05. The van der Waals surface area contributed by atoms with E-state index in [2.05, 4.69) is 15.1 Å². The van der Waals surface area contributed by atoms with Crippen LogP contribution in [0.2, 0.25) is 0 Å². The second-order valence-corrected chi connectivity index (χ2v) is 6.18. The van der Waals surface area contributed by atoms with Gasteiger partial charge in [0.1, 0.15) is 0 Å². The fourth-order valence-electron chi connectivity index (χ4n) is 2.21. The third kappa shape index (κ3) is 3.43. The molecule has 0 bridgehead atoms. The van der Waals surface area contributed by atoms with Crippen LogP contribution in [0, 0.1) is 0 Å². The van der Waals surface area contributed by atoms with E-state index in [-0.39, 0.29) is 11.4 Å². The first-order valence-corrected chi connectivity index (χ1v) is 7.58. The molecular weight excluding hydrogens is 280 g/mol. The molecule has 20 heavy (non-hydrogen) atoms. The van der Waals surface area contributed by atoms with Crippen molar-refractivity contribution in [2.75, 3.05) is 30.3 Å². The maximum atomic E-state index is 10.7. The van der Waals surface area contributed by atoms with Crippen LogP contribution >= 0.6 is 11.8 Å². The molecule has 2 heterocycles. The quantitative estimate of drug-likeness (QED) is 0.815. The van der Waals surface area contributed by atoms with Crippen LogP contribution in [0.1, 0.15) is 20.8 Å². The Balaban J connectivity index is 2.17. The van der Waals surface area contributed by atoms with E-state index in [0.29, 0.717) is 18.3 Å². The van der Waals surface area contributed by atoms with Gasteiger partial charge in [-0.25, -0.2) is 0 Å². The van der Waals surface area contributed by atoms with Gasteiger partial charge in [0.2, 0.25) is 5.95 Å². The Bertz CT molecular complexity index is 489. The minimum atomic E-state index is -0.852. The molecule has 1 N–H and O–H groups in total. The maximum Gasteiger partial charge on any atom is 0.313 e. The molecule has 2 rings (SSSR count). The zero-order valence-electron chi connectivity index (χ0n) is 12.0. The largest absolute Gasteiger partial charge is 0.481 e. The predicted molar refractivity (Wildman–Crippen MR) is 76.3 cm³/mol. The number of thioether (sulfide) groups is 1. The summed E-state index contributed by atoms with van der Waals surface area (Å²) in [4.78, 5) is 12.8. The monoisotopic (exact) mass is 300 g/mol. The second kappa shape index (κ2) is 6.01. The molecule has 1 aliphatic rings. The van der Waals surface area contributed by atoms with E-state index >= 15 is 0 Å². The van der Waals surface area contributed by atoms with Crippen LogP contribution in [0.25, 0.3) is 0 Å². The van der Waals surface area contributed by atoms with E-state index in [0.717, 1.165) is 19.0 Å². The molecule has 0 spiro atoms. The zero-order chi connectivity index (χ0) is 14.8. The van der Waals surface area contributed by atoms with E-state index < -0.39 is 5.97 Å². The van der Waals surface area contributed by atoms with Crippen LogP contribution in [-0.4, -0.2) is 56.9 Å². The van der Waals surface area contributed by atoms with E-state index in [1.165, 1.54) is 11.8 Å². The fourth-order valence-corrected chi connectivity index (χ4v) is 2.93. The standard InChI is InChI=1S/C12H20N4O3S/c1-4-16-10(13-14-11(16)20-7-9(17)18)15-5-6-19-12(2,3)8-15/h4-8H2,1-3H3,(H,17,18). The zero-order valence-corrected chi connectivity index (χ0v) is 12.8. The molecule has 0 atom stereocenters. The molecule has 8 heteroatoms. The van der Waals surface area contributed by atoms with E-state index in [4.69, 9.17) is 9.84 Å². The summed E-state index contributed by atoms with van der Waals surface area (Å²) in [6, 6.07) is 0. The lowest BCUT2D eigenvalue weighted by Gasteiger charge is -2.38. The molecular formula is C12H20N4O3S. The molecule has 1 aromatic rings. The first-order chi connectivity index (χ1) is 9.43. The number of hydrogen-bond donors (Lipinski definition) is 1. The summed E-state index contributed by atoms with van der Waals surface area (Å²) < 4.78 is 7.65. The molecule has 0 radical (unpaired) electrons. The van der Waals surface area contributed by atoms with Crippen molar-refractivity contribution in [1.82, 2.24) is 14.8 Å². The molecule has 0 unspecified atom stereocenters. The normalized spacial score (nSPS) is 18.2. The SMILES string of the molecule is CCn1c(SCC(=O)O)nnc1N1CCOC(C)(C)C1. The van der Waals surface area contributed by atoms with Gasteiger partial charge in [0.15, 0.2) is 5.16 Å². The average Bonchev–Trinajstić information content (AvgIpc) is 2.77. The Labute approximate surface area is 122 Å². The molecule has 1 fully saturated rings. The van der Waals surface area contributed by atoms with Gasteiger partial charge in [-0.3, -0.25) is 9.36 Å². The summed E-state index contributed by atoms with van der Waals surface area (Å²) in [6.07, 6.45) is 0. The number of carboxylic acid groups (broad SMARTS) is 1. The van der Waals surface area contributed by atoms with Crippen LogP contribution in [0.5, 0.6) is 0 Å². The predicted octanol–water partition coefficient (Wildman–Crippen LogP) is 1.09. The van der Waals surface area contributed by atoms with Gasteiger partial charge >= 0.3 is 5.97 Å². The lowest BCUT2D eigenvalue weighted by atomic mass is 10.1. The average molecular weight is 300 g/mol. The van der Waals surface area contributed by atoms with Crippen LogP contribution < -0.4 is 4.90 Å². The van der Waals surface area contributed by atoms with Crippen LogP contribution in [-0.2, 0) is 16.1 Å². The number of ether oxygens (including phenoxy) is 1. The number of hydrogen-bond acceptors (Lipinski definition) is 6. The molecule has 1 aromatic heterocycles. The Morgan fingerprint density at radius 3 is 2.85 bits per heavy atom. The van der Waals surface area contributed by atoms with Crippen molar-refractivity contribution >= 4 is 23.7 Å². The number of rotatable bonds is 5. The summed E-state index contributed by atoms with van der Waals surface area (Å²) in [7, 11) is 0. The van der Waals surface area contributed by atoms with Crippen molar-refractivity contribution in [1.29, 1.82) is 0 Å². The van der Waals surface area contributed by atoms with Gasteiger partial charge in [0, 0.05) is 19.6 Å². The minimum Gasteiger partial charge on any atom is -0.481 e. The molecule has 1 saturated heterocycles. The molecule has 0 saturated carbocycles. The molecule has 7 nitrogen and oxygen atoms in total. The van der Waals surface area contributed by atoms with Gasteiger partial charge in [-0.2, -0.15) is 0 Å². The van der Waals surface area contributed by atoms with E-state index in [1.807, 2.05) is 25.3 Å². The van der Waals surface area contributed by atoms with Gasteiger partial charge < -0.3 is 14.7 Å². The molecule has 0 aliphatic carbocycles. The number of morpholine rings is 1. The van der Waals surface area contributed by atoms with Gasteiger partial charge in [0.25, 0.3) is 0 Å². The van der Waals surface area contributed by atoms with Crippen molar-refractivity contribution in [3.63, 3.8) is 0 Å². The highest BCUT2D eigenvalue weighted by atomic mass is 32.2. The van der Waals surface area contributed by atoms with Gasteiger partial charge in [-0.15, -0.1) is 10.2 Å². The van der Waals surface area contributed by atoms with Gasteiger partial charge in [0.05, 0.1) is 18.0 Å². The molecule has 0 aromatic carbocycles. The minimum absolute atomic E-state index is 0.00720.